The Bertz CT molecular complexity index is 947. The molecule has 6 nitrogen and oxygen atoms in total. The molecule has 2 unspecified atom stereocenters. The number of pyridine rings is 1. The molecule has 28 heavy (non-hydrogen) atoms. The van der Waals surface area contributed by atoms with E-state index in [1.54, 1.807) is 12.3 Å². The number of amides is 1. The molecule has 1 aromatic carbocycles. The lowest BCUT2D eigenvalue weighted by Gasteiger charge is -2.22. The lowest BCUT2D eigenvalue weighted by molar-refractivity contribution is 0.0777. The van der Waals surface area contributed by atoms with Crippen LogP contribution in [0.25, 0.3) is 11.3 Å². The van der Waals surface area contributed by atoms with Crippen molar-refractivity contribution in [3.63, 3.8) is 0 Å². The number of anilines is 1. The smallest absolute Gasteiger partial charge is 0.272 e. The zero-order valence-electron chi connectivity index (χ0n) is 15.5. The standard InChI is InChI=1S/C22H21N5O/c28-22(19-8-4-5-9-23-19)27-14-17-12-26(13-18(17)15-27)21-11-24-20(10-25-21)16-6-2-1-3-7-16/h1-11,17-18H,12-15H2. The SMILES string of the molecule is O=C(c1ccccn1)N1CC2CN(c3cnc(-c4ccccc4)cn3)CC2C1. The van der Waals surface area contributed by atoms with Gasteiger partial charge in [-0.1, -0.05) is 36.4 Å². The van der Waals surface area contributed by atoms with Crippen LogP contribution in [0.1, 0.15) is 10.5 Å². The molecule has 0 saturated carbocycles. The van der Waals surface area contributed by atoms with Crippen LogP contribution in [0.15, 0.2) is 67.1 Å². The Kier molecular flexibility index (Phi) is 4.24. The van der Waals surface area contributed by atoms with Crippen LogP contribution in [-0.2, 0) is 0 Å². The first-order chi connectivity index (χ1) is 13.8. The van der Waals surface area contributed by atoms with Gasteiger partial charge in [-0.05, 0) is 12.1 Å². The van der Waals surface area contributed by atoms with Crippen LogP contribution in [0.5, 0.6) is 0 Å². The highest BCUT2D eigenvalue weighted by Gasteiger charge is 2.42. The van der Waals surface area contributed by atoms with Gasteiger partial charge in [-0.15, -0.1) is 0 Å². The molecule has 2 aliphatic rings. The van der Waals surface area contributed by atoms with Crippen molar-refractivity contribution in [2.45, 2.75) is 0 Å². The van der Waals surface area contributed by atoms with Crippen LogP contribution in [0.2, 0.25) is 0 Å². The quantitative estimate of drug-likeness (QED) is 0.708. The molecule has 0 bridgehead atoms. The van der Waals surface area contributed by atoms with E-state index in [1.807, 2.05) is 59.8 Å². The Balaban J connectivity index is 1.24. The Morgan fingerprint density at radius 2 is 1.57 bits per heavy atom. The Hall–Kier alpha value is -3.28. The normalized spacial score (nSPS) is 21.0. The van der Waals surface area contributed by atoms with Gasteiger partial charge in [0.2, 0.25) is 0 Å². The number of hydrogen-bond acceptors (Lipinski definition) is 5. The number of benzene rings is 1. The fourth-order valence-corrected chi connectivity index (χ4v) is 4.24. The predicted octanol–water partition coefficient (Wildman–Crippen LogP) is 2.75. The molecule has 0 spiro atoms. The third kappa shape index (κ3) is 3.11. The van der Waals surface area contributed by atoms with Gasteiger partial charge in [0.1, 0.15) is 11.5 Å². The molecule has 4 heterocycles. The summed E-state index contributed by atoms with van der Waals surface area (Å²) < 4.78 is 0. The molecule has 6 heteroatoms. The lowest BCUT2D eigenvalue weighted by atomic mass is 10.0. The minimum atomic E-state index is 0.0357. The molecule has 2 saturated heterocycles. The molecule has 0 aliphatic carbocycles. The third-order valence-electron chi connectivity index (χ3n) is 5.69. The van der Waals surface area contributed by atoms with Crippen LogP contribution < -0.4 is 4.90 Å². The minimum Gasteiger partial charge on any atom is -0.355 e. The summed E-state index contributed by atoms with van der Waals surface area (Å²) in [5, 5.41) is 0. The lowest BCUT2D eigenvalue weighted by Crippen LogP contribution is -2.33. The van der Waals surface area contributed by atoms with E-state index in [4.69, 9.17) is 0 Å². The summed E-state index contributed by atoms with van der Waals surface area (Å²) in [6, 6.07) is 15.6. The number of fused-ring (bicyclic) bond motifs is 1. The van der Waals surface area contributed by atoms with Crippen molar-refractivity contribution in [1.82, 2.24) is 19.9 Å². The van der Waals surface area contributed by atoms with Gasteiger partial charge in [0.25, 0.3) is 5.91 Å². The van der Waals surface area contributed by atoms with E-state index in [9.17, 15) is 4.79 Å². The second-order valence-electron chi connectivity index (χ2n) is 7.48. The number of rotatable bonds is 3. The number of carbonyl (C=O) groups is 1. The second kappa shape index (κ2) is 7.03. The third-order valence-corrected chi connectivity index (χ3v) is 5.69. The highest BCUT2D eigenvalue weighted by molar-refractivity contribution is 5.92. The van der Waals surface area contributed by atoms with Crippen molar-refractivity contribution in [1.29, 1.82) is 0 Å². The van der Waals surface area contributed by atoms with Crippen LogP contribution in [-0.4, -0.2) is 51.9 Å². The van der Waals surface area contributed by atoms with E-state index in [2.05, 4.69) is 19.9 Å². The maximum Gasteiger partial charge on any atom is 0.272 e. The molecule has 140 valence electrons. The van der Waals surface area contributed by atoms with E-state index >= 15 is 0 Å². The van der Waals surface area contributed by atoms with Gasteiger partial charge in [0.15, 0.2) is 0 Å². The highest BCUT2D eigenvalue weighted by atomic mass is 16.2. The van der Waals surface area contributed by atoms with Gasteiger partial charge in [-0.2, -0.15) is 0 Å². The van der Waals surface area contributed by atoms with Crippen LogP contribution in [0, 0.1) is 11.8 Å². The summed E-state index contributed by atoms with van der Waals surface area (Å²) in [5.41, 5.74) is 2.49. The average Bonchev–Trinajstić information content (AvgIpc) is 3.34. The average molecular weight is 371 g/mol. The highest BCUT2D eigenvalue weighted by Crippen LogP contribution is 2.33. The number of aromatic nitrogens is 3. The molecule has 2 atom stereocenters. The fraction of sp³-hybridized carbons (Fsp3) is 0.273. The predicted molar refractivity (Wildman–Crippen MR) is 107 cm³/mol. The minimum absolute atomic E-state index is 0.0357. The van der Waals surface area contributed by atoms with Crippen molar-refractivity contribution in [2.75, 3.05) is 31.1 Å². The molecule has 3 aromatic rings. The molecule has 1 amide bonds. The Morgan fingerprint density at radius 1 is 0.821 bits per heavy atom. The molecule has 2 aromatic heterocycles. The summed E-state index contributed by atoms with van der Waals surface area (Å²) in [6.45, 7) is 3.39. The monoisotopic (exact) mass is 371 g/mol. The van der Waals surface area contributed by atoms with E-state index in [-0.39, 0.29) is 5.91 Å². The van der Waals surface area contributed by atoms with E-state index in [0.29, 0.717) is 17.5 Å². The van der Waals surface area contributed by atoms with Crippen molar-refractivity contribution >= 4 is 11.7 Å². The van der Waals surface area contributed by atoms with Gasteiger partial charge in [-0.25, -0.2) is 4.98 Å². The van der Waals surface area contributed by atoms with Crippen molar-refractivity contribution in [3.8, 4) is 11.3 Å². The van der Waals surface area contributed by atoms with Crippen molar-refractivity contribution < 1.29 is 4.79 Å². The molecule has 0 N–H and O–H groups in total. The second-order valence-corrected chi connectivity index (χ2v) is 7.48. The Morgan fingerprint density at radius 3 is 2.21 bits per heavy atom. The maximum atomic E-state index is 12.6. The summed E-state index contributed by atoms with van der Waals surface area (Å²) in [5.74, 6) is 1.90. The van der Waals surface area contributed by atoms with E-state index in [1.165, 1.54) is 0 Å². The first-order valence-corrected chi connectivity index (χ1v) is 9.60. The van der Waals surface area contributed by atoms with E-state index in [0.717, 1.165) is 43.3 Å². The van der Waals surface area contributed by atoms with Crippen molar-refractivity contribution in [3.05, 3.63) is 72.8 Å². The van der Waals surface area contributed by atoms with Gasteiger partial charge >= 0.3 is 0 Å². The number of hydrogen-bond donors (Lipinski definition) is 0. The summed E-state index contributed by atoms with van der Waals surface area (Å²) in [6.07, 6.45) is 5.37. The fourth-order valence-electron chi connectivity index (χ4n) is 4.24. The number of carbonyl (C=O) groups excluding carboxylic acids is 1. The van der Waals surface area contributed by atoms with Crippen LogP contribution >= 0.6 is 0 Å². The molecule has 2 fully saturated rings. The van der Waals surface area contributed by atoms with Gasteiger partial charge < -0.3 is 9.80 Å². The van der Waals surface area contributed by atoms with Gasteiger partial charge in [0.05, 0.1) is 18.1 Å². The molecular weight excluding hydrogens is 350 g/mol. The van der Waals surface area contributed by atoms with Crippen molar-refractivity contribution in [2.24, 2.45) is 11.8 Å². The summed E-state index contributed by atoms with van der Waals surface area (Å²) >= 11 is 0. The largest absolute Gasteiger partial charge is 0.355 e. The van der Waals surface area contributed by atoms with Crippen LogP contribution in [0.3, 0.4) is 0 Å². The first-order valence-electron chi connectivity index (χ1n) is 9.60. The summed E-state index contributed by atoms with van der Waals surface area (Å²) in [4.78, 5) is 30.3. The molecule has 0 radical (unpaired) electrons. The van der Waals surface area contributed by atoms with E-state index < -0.39 is 0 Å². The Labute approximate surface area is 163 Å². The topological polar surface area (TPSA) is 62.2 Å². The maximum absolute atomic E-state index is 12.6. The molecule has 2 aliphatic heterocycles. The zero-order valence-corrected chi connectivity index (χ0v) is 15.5. The number of nitrogens with zero attached hydrogens (tertiary/aromatic N) is 5. The molecule has 5 rings (SSSR count). The number of likely N-dealkylation sites (tertiary alicyclic amines) is 1. The van der Waals surface area contributed by atoms with Gasteiger partial charge in [0, 0.05) is 49.8 Å². The summed E-state index contributed by atoms with van der Waals surface area (Å²) in [7, 11) is 0. The first kappa shape index (κ1) is 16.9. The van der Waals surface area contributed by atoms with Crippen LogP contribution in [0.4, 0.5) is 5.82 Å². The molecular formula is C22H21N5O. The zero-order chi connectivity index (χ0) is 18.9. The van der Waals surface area contributed by atoms with Gasteiger partial charge in [-0.3, -0.25) is 14.8 Å².